The van der Waals surface area contributed by atoms with E-state index in [2.05, 4.69) is 4.98 Å². The molecule has 3 aromatic rings. The van der Waals surface area contributed by atoms with Crippen LogP contribution >= 0.6 is 0 Å². The normalized spacial score (nSPS) is 16.9. The van der Waals surface area contributed by atoms with E-state index >= 15 is 0 Å². The quantitative estimate of drug-likeness (QED) is 0.169. The zero-order valence-corrected chi connectivity index (χ0v) is 19.0. The summed E-state index contributed by atoms with van der Waals surface area (Å²) in [5.41, 5.74) is 1.13. The molecule has 9 heteroatoms. The summed E-state index contributed by atoms with van der Waals surface area (Å²) in [6.07, 6.45) is 2.42. The molecule has 1 aliphatic heterocycles. The maximum Gasteiger partial charge on any atom is 0.296 e. The molecule has 0 unspecified atom stereocenters. The number of rotatable bonds is 8. The molecule has 0 aliphatic carbocycles. The van der Waals surface area contributed by atoms with E-state index in [4.69, 9.17) is 4.74 Å². The lowest BCUT2D eigenvalue weighted by molar-refractivity contribution is -0.384. The van der Waals surface area contributed by atoms with E-state index in [1.54, 1.807) is 48.7 Å². The number of amides is 1. The van der Waals surface area contributed by atoms with Crippen LogP contribution in [0.5, 0.6) is 5.75 Å². The average molecular weight is 473 g/mol. The van der Waals surface area contributed by atoms with Gasteiger partial charge in [0, 0.05) is 23.9 Å². The van der Waals surface area contributed by atoms with Gasteiger partial charge in [-0.25, -0.2) is 0 Å². The average Bonchev–Trinajstić information content (AvgIpc) is 3.13. The molecule has 1 aromatic heterocycles. The second-order valence-electron chi connectivity index (χ2n) is 7.97. The summed E-state index contributed by atoms with van der Waals surface area (Å²) in [6, 6.07) is 16.4. The summed E-state index contributed by atoms with van der Waals surface area (Å²) in [7, 11) is 0. The highest BCUT2D eigenvalue weighted by Gasteiger charge is 2.46. The van der Waals surface area contributed by atoms with Gasteiger partial charge in [-0.15, -0.1) is 0 Å². The van der Waals surface area contributed by atoms with Crippen LogP contribution in [-0.4, -0.2) is 38.2 Å². The van der Waals surface area contributed by atoms with Crippen LogP contribution in [0.15, 0.2) is 78.5 Å². The van der Waals surface area contributed by atoms with Gasteiger partial charge in [0.1, 0.15) is 11.5 Å². The second kappa shape index (κ2) is 10.2. The largest absolute Gasteiger partial charge is 0.507 e. The number of pyridine rings is 1. The molecule has 1 aliphatic rings. The Labute approximate surface area is 201 Å². The predicted molar refractivity (Wildman–Crippen MR) is 127 cm³/mol. The van der Waals surface area contributed by atoms with Crippen molar-refractivity contribution in [2.45, 2.75) is 25.9 Å². The highest BCUT2D eigenvalue weighted by Crippen LogP contribution is 2.40. The summed E-state index contributed by atoms with van der Waals surface area (Å²) in [6.45, 7) is 2.56. The molecule has 4 rings (SSSR count). The lowest BCUT2D eigenvalue weighted by Gasteiger charge is -2.25. The molecule has 1 amide bonds. The zero-order valence-electron chi connectivity index (χ0n) is 19.0. The number of nitrogens with zero attached hydrogens (tertiary/aromatic N) is 3. The number of ketones is 1. The molecule has 0 saturated carbocycles. The number of carbonyl (C=O) groups is 2. The lowest BCUT2D eigenvalue weighted by atomic mass is 9.95. The van der Waals surface area contributed by atoms with Gasteiger partial charge in [0.25, 0.3) is 17.4 Å². The minimum atomic E-state index is -0.950. The highest BCUT2D eigenvalue weighted by molar-refractivity contribution is 6.46. The van der Waals surface area contributed by atoms with Crippen molar-refractivity contribution in [2.24, 2.45) is 0 Å². The highest BCUT2D eigenvalue weighted by atomic mass is 16.6. The van der Waals surface area contributed by atoms with Gasteiger partial charge in [-0.05, 0) is 60.5 Å². The summed E-state index contributed by atoms with van der Waals surface area (Å²) in [5, 5.41) is 22.3. The van der Waals surface area contributed by atoms with Crippen LogP contribution in [0.1, 0.15) is 36.2 Å². The fourth-order valence-corrected chi connectivity index (χ4v) is 3.92. The first kappa shape index (κ1) is 23.6. The van der Waals surface area contributed by atoms with Crippen molar-refractivity contribution in [3.05, 3.63) is 105 Å². The number of likely N-dealkylation sites (tertiary alicyclic amines) is 1. The first-order valence-corrected chi connectivity index (χ1v) is 11.1. The Morgan fingerprint density at radius 2 is 1.80 bits per heavy atom. The Balaban J connectivity index is 1.79. The van der Waals surface area contributed by atoms with Crippen molar-refractivity contribution < 1.29 is 24.4 Å². The van der Waals surface area contributed by atoms with Crippen molar-refractivity contribution >= 4 is 23.1 Å². The number of carbonyl (C=O) groups excluding carboxylic acids is 2. The van der Waals surface area contributed by atoms with E-state index < -0.39 is 22.7 Å². The molecule has 1 fully saturated rings. The predicted octanol–water partition coefficient (Wildman–Crippen LogP) is 4.40. The van der Waals surface area contributed by atoms with Gasteiger partial charge in [-0.2, -0.15) is 0 Å². The van der Waals surface area contributed by atoms with E-state index in [9.17, 15) is 24.8 Å². The van der Waals surface area contributed by atoms with Crippen LogP contribution in [-0.2, 0) is 16.1 Å². The third kappa shape index (κ3) is 4.89. The van der Waals surface area contributed by atoms with Crippen LogP contribution in [0.3, 0.4) is 0 Å². The monoisotopic (exact) mass is 473 g/mol. The fourth-order valence-electron chi connectivity index (χ4n) is 3.92. The number of non-ortho nitro benzene ring substituents is 1. The van der Waals surface area contributed by atoms with Gasteiger partial charge in [-0.1, -0.05) is 13.0 Å². The van der Waals surface area contributed by atoms with E-state index in [0.717, 1.165) is 6.42 Å². The van der Waals surface area contributed by atoms with Crippen LogP contribution in [0.4, 0.5) is 5.69 Å². The number of hydrogen-bond donors (Lipinski definition) is 1. The number of hydrogen-bond acceptors (Lipinski definition) is 7. The van der Waals surface area contributed by atoms with Crippen LogP contribution in [0.2, 0.25) is 0 Å². The maximum absolute atomic E-state index is 13.1. The summed E-state index contributed by atoms with van der Waals surface area (Å²) >= 11 is 0. The van der Waals surface area contributed by atoms with Crippen molar-refractivity contribution in [3.63, 3.8) is 0 Å². The van der Waals surface area contributed by atoms with Crippen molar-refractivity contribution in [2.75, 3.05) is 6.61 Å². The molecule has 1 saturated heterocycles. The van der Waals surface area contributed by atoms with Crippen LogP contribution in [0.25, 0.3) is 5.76 Å². The molecular weight excluding hydrogens is 450 g/mol. The van der Waals surface area contributed by atoms with E-state index in [1.165, 1.54) is 29.2 Å². The van der Waals surface area contributed by atoms with Crippen molar-refractivity contribution in [3.8, 4) is 5.75 Å². The Kier molecular flexibility index (Phi) is 6.86. The first-order valence-electron chi connectivity index (χ1n) is 11.1. The van der Waals surface area contributed by atoms with Crippen LogP contribution in [0, 0.1) is 10.1 Å². The van der Waals surface area contributed by atoms with Gasteiger partial charge >= 0.3 is 0 Å². The number of Topliss-reactive ketones (excluding diaryl/α,β-unsaturated/α-hetero) is 1. The lowest BCUT2D eigenvalue weighted by Crippen LogP contribution is -2.29. The Hall–Kier alpha value is -4.53. The van der Waals surface area contributed by atoms with Crippen LogP contribution < -0.4 is 4.74 Å². The molecule has 1 N–H and O–H groups in total. The number of aromatic nitrogens is 1. The molecule has 2 heterocycles. The third-order valence-corrected chi connectivity index (χ3v) is 5.62. The van der Waals surface area contributed by atoms with Crippen molar-refractivity contribution in [1.82, 2.24) is 9.88 Å². The summed E-state index contributed by atoms with van der Waals surface area (Å²) < 4.78 is 5.57. The summed E-state index contributed by atoms with van der Waals surface area (Å²) in [4.78, 5) is 42.3. The number of aliphatic hydroxyl groups is 1. The number of ether oxygens (including phenoxy) is 1. The van der Waals surface area contributed by atoms with Crippen molar-refractivity contribution in [1.29, 1.82) is 0 Å². The fraction of sp³-hybridized carbons (Fsp3) is 0.192. The molecule has 9 nitrogen and oxygen atoms in total. The van der Waals surface area contributed by atoms with Gasteiger partial charge in [0.05, 0.1) is 35.4 Å². The Morgan fingerprint density at radius 1 is 1.09 bits per heavy atom. The SMILES string of the molecule is CCCOc1ccc(C(O)=C2C(=O)C(=O)N(Cc3ccccn3)[C@H]2c2ccc([N+](=O)[O-])cc2)cc1. The standard InChI is InChI=1S/C26H23N3O6/c1-2-15-35-21-12-8-18(9-13-21)24(30)22-23(17-6-10-20(11-7-17)29(33)34)28(26(32)25(22)31)16-19-5-3-4-14-27-19/h3-14,23,30H,2,15-16H2,1H3/t23-/m0/s1. The molecular formula is C26H23N3O6. The van der Waals surface area contributed by atoms with E-state index in [1.807, 2.05) is 6.92 Å². The number of benzene rings is 2. The molecule has 2 aromatic carbocycles. The Bertz CT molecular complexity index is 1270. The smallest absolute Gasteiger partial charge is 0.296 e. The second-order valence-corrected chi connectivity index (χ2v) is 7.97. The van der Waals surface area contributed by atoms with Gasteiger partial charge in [-0.3, -0.25) is 24.7 Å². The zero-order chi connectivity index (χ0) is 24.9. The maximum atomic E-state index is 13.1. The number of nitro groups is 1. The topological polar surface area (TPSA) is 123 Å². The molecule has 1 atom stereocenters. The molecule has 0 spiro atoms. The molecule has 178 valence electrons. The summed E-state index contributed by atoms with van der Waals surface area (Å²) in [5.74, 6) is -1.35. The van der Waals surface area contributed by atoms with Gasteiger partial charge < -0.3 is 14.7 Å². The third-order valence-electron chi connectivity index (χ3n) is 5.62. The van der Waals surface area contributed by atoms with Gasteiger partial charge in [0.15, 0.2) is 0 Å². The molecule has 35 heavy (non-hydrogen) atoms. The minimum Gasteiger partial charge on any atom is -0.507 e. The Morgan fingerprint density at radius 3 is 2.40 bits per heavy atom. The number of aliphatic hydroxyl groups excluding tert-OH is 1. The molecule has 0 radical (unpaired) electrons. The van der Waals surface area contributed by atoms with E-state index in [0.29, 0.717) is 29.2 Å². The van der Waals surface area contributed by atoms with Gasteiger partial charge in [0.2, 0.25) is 0 Å². The minimum absolute atomic E-state index is 0.0215. The first-order chi connectivity index (χ1) is 16.9. The number of nitro benzene ring substituents is 1. The van der Waals surface area contributed by atoms with E-state index in [-0.39, 0.29) is 23.6 Å². The molecule has 0 bridgehead atoms.